The van der Waals surface area contributed by atoms with E-state index in [4.69, 9.17) is 0 Å². The summed E-state index contributed by atoms with van der Waals surface area (Å²) in [7, 11) is 0. The van der Waals surface area contributed by atoms with Gasteiger partial charge in [-0.2, -0.15) is 0 Å². The fourth-order valence-corrected chi connectivity index (χ4v) is 2.97. The Morgan fingerprint density at radius 3 is 2.94 bits per heavy atom. The number of Topliss-reactive ketones (excluding diaryl/α,β-unsaturated/α-hetero) is 1. The maximum Gasteiger partial charge on any atom is 0.217 e. The monoisotopic (exact) mass is 238 g/mol. The van der Waals surface area contributed by atoms with Crippen molar-refractivity contribution in [1.82, 2.24) is 10.2 Å². The average Bonchev–Trinajstić information content (AvgIpc) is 2.84. The van der Waals surface area contributed by atoms with E-state index in [1.54, 1.807) is 6.92 Å². The lowest BCUT2D eigenvalue weighted by Gasteiger charge is -2.18. The molecular formula is C13H22N2O2. The van der Waals surface area contributed by atoms with Gasteiger partial charge < -0.3 is 10.2 Å². The molecule has 2 aliphatic rings. The van der Waals surface area contributed by atoms with Crippen LogP contribution in [0.2, 0.25) is 0 Å². The summed E-state index contributed by atoms with van der Waals surface area (Å²) < 4.78 is 0. The van der Waals surface area contributed by atoms with Crippen LogP contribution in [0.5, 0.6) is 0 Å². The molecule has 4 nitrogen and oxygen atoms in total. The van der Waals surface area contributed by atoms with Gasteiger partial charge in [0, 0.05) is 38.4 Å². The molecule has 2 fully saturated rings. The molecule has 0 aromatic carbocycles. The second-order valence-corrected chi connectivity index (χ2v) is 5.33. The summed E-state index contributed by atoms with van der Waals surface area (Å²) >= 11 is 0. The highest BCUT2D eigenvalue weighted by atomic mass is 16.1. The third kappa shape index (κ3) is 3.53. The second kappa shape index (κ2) is 5.63. The molecule has 1 amide bonds. The maximum atomic E-state index is 11.5. The molecule has 4 heteroatoms. The Hall–Kier alpha value is -0.900. The lowest BCUT2D eigenvalue weighted by molar-refractivity contribution is -0.121. The van der Waals surface area contributed by atoms with Gasteiger partial charge >= 0.3 is 0 Å². The molecule has 0 aromatic heterocycles. The Balaban J connectivity index is 1.67. The van der Waals surface area contributed by atoms with E-state index in [9.17, 15) is 9.59 Å². The molecule has 2 atom stereocenters. The van der Waals surface area contributed by atoms with Gasteiger partial charge in [-0.05, 0) is 32.2 Å². The van der Waals surface area contributed by atoms with E-state index in [1.807, 2.05) is 0 Å². The summed E-state index contributed by atoms with van der Waals surface area (Å²) in [6.45, 7) is 4.57. The van der Waals surface area contributed by atoms with Crippen LogP contribution in [-0.4, -0.2) is 42.3 Å². The molecule has 1 aliphatic carbocycles. The van der Waals surface area contributed by atoms with E-state index >= 15 is 0 Å². The van der Waals surface area contributed by atoms with Gasteiger partial charge in [-0.25, -0.2) is 0 Å². The van der Waals surface area contributed by atoms with Gasteiger partial charge in [0.1, 0.15) is 5.78 Å². The number of nitrogens with zero attached hydrogens (tertiary/aromatic N) is 1. The third-order valence-corrected chi connectivity index (χ3v) is 3.90. The Kier molecular flexibility index (Phi) is 4.15. The van der Waals surface area contributed by atoms with Gasteiger partial charge in [-0.1, -0.05) is 0 Å². The summed E-state index contributed by atoms with van der Waals surface area (Å²) in [5.74, 6) is 0.834. The standard InChI is InChI=1S/C13H22N2O2/c1-10(16)14-12-6-8-15(9-12)7-5-11-3-2-4-13(11)17/h11-12H,2-9H2,1H3,(H,14,16). The van der Waals surface area contributed by atoms with Crippen molar-refractivity contribution >= 4 is 11.7 Å². The summed E-state index contributed by atoms with van der Waals surface area (Å²) in [6, 6.07) is 0.312. The van der Waals surface area contributed by atoms with Gasteiger partial charge in [0.15, 0.2) is 0 Å². The van der Waals surface area contributed by atoms with Gasteiger partial charge in [0.25, 0.3) is 0 Å². The Bertz CT molecular complexity index is 304. The van der Waals surface area contributed by atoms with E-state index in [-0.39, 0.29) is 5.91 Å². The molecule has 1 saturated heterocycles. The summed E-state index contributed by atoms with van der Waals surface area (Å²) in [4.78, 5) is 24.8. The SMILES string of the molecule is CC(=O)NC1CCN(CCC2CCCC2=O)C1. The van der Waals surface area contributed by atoms with Crippen molar-refractivity contribution in [3.05, 3.63) is 0 Å². The van der Waals surface area contributed by atoms with E-state index in [2.05, 4.69) is 10.2 Å². The predicted molar refractivity (Wildman–Crippen MR) is 65.6 cm³/mol. The first kappa shape index (κ1) is 12.6. The van der Waals surface area contributed by atoms with Gasteiger partial charge in [0.2, 0.25) is 5.91 Å². The Morgan fingerprint density at radius 1 is 1.47 bits per heavy atom. The van der Waals surface area contributed by atoms with Crippen molar-refractivity contribution in [2.75, 3.05) is 19.6 Å². The molecule has 1 N–H and O–H groups in total. The summed E-state index contributed by atoms with van der Waals surface area (Å²) in [5.41, 5.74) is 0. The van der Waals surface area contributed by atoms with Crippen LogP contribution in [0.15, 0.2) is 0 Å². The first-order chi connectivity index (χ1) is 8.15. The fraction of sp³-hybridized carbons (Fsp3) is 0.846. The van der Waals surface area contributed by atoms with Crippen molar-refractivity contribution in [3.8, 4) is 0 Å². The highest BCUT2D eigenvalue weighted by Crippen LogP contribution is 2.25. The minimum absolute atomic E-state index is 0.0582. The normalized spacial score (nSPS) is 29.8. The van der Waals surface area contributed by atoms with Crippen molar-refractivity contribution in [2.45, 2.75) is 45.1 Å². The topological polar surface area (TPSA) is 49.4 Å². The molecule has 1 saturated carbocycles. The highest BCUT2D eigenvalue weighted by Gasteiger charge is 2.27. The zero-order valence-electron chi connectivity index (χ0n) is 10.6. The third-order valence-electron chi connectivity index (χ3n) is 3.90. The van der Waals surface area contributed by atoms with E-state index in [0.29, 0.717) is 17.7 Å². The quantitative estimate of drug-likeness (QED) is 0.793. The van der Waals surface area contributed by atoms with Crippen LogP contribution in [0.3, 0.4) is 0 Å². The minimum atomic E-state index is 0.0582. The molecule has 17 heavy (non-hydrogen) atoms. The second-order valence-electron chi connectivity index (χ2n) is 5.33. The smallest absolute Gasteiger partial charge is 0.217 e. The van der Waals surface area contributed by atoms with Crippen LogP contribution in [0.1, 0.15) is 39.0 Å². The molecule has 96 valence electrons. The predicted octanol–water partition coefficient (Wildman–Crippen LogP) is 0.956. The van der Waals surface area contributed by atoms with Crippen LogP contribution in [0, 0.1) is 5.92 Å². The minimum Gasteiger partial charge on any atom is -0.352 e. The number of carbonyl (C=O) groups excluding carboxylic acids is 2. The molecule has 0 spiro atoms. The molecule has 1 aliphatic heterocycles. The number of likely N-dealkylation sites (tertiary alicyclic amines) is 1. The zero-order valence-corrected chi connectivity index (χ0v) is 10.6. The Morgan fingerprint density at radius 2 is 2.29 bits per heavy atom. The van der Waals surface area contributed by atoms with Crippen LogP contribution >= 0.6 is 0 Å². The van der Waals surface area contributed by atoms with Crippen LogP contribution in [0.4, 0.5) is 0 Å². The lowest BCUT2D eigenvalue weighted by Crippen LogP contribution is -2.36. The number of nitrogens with one attached hydrogen (secondary N) is 1. The Labute approximate surface area is 103 Å². The van der Waals surface area contributed by atoms with Crippen molar-refractivity contribution < 1.29 is 9.59 Å². The number of hydrogen-bond donors (Lipinski definition) is 1. The van der Waals surface area contributed by atoms with E-state index in [1.165, 1.54) is 0 Å². The number of ketones is 1. The van der Waals surface area contributed by atoms with Crippen LogP contribution < -0.4 is 5.32 Å². The summed E-state index contributed by atoms with van der Waals surface area (Å²) in [5, 5.41) is 2.96. The van der Waals surface area contributed by atoms with Crippen molar-refractivity contribution in [3.63, 3.8) is 0 Å². The van der Waals surface area contributed by atoms with Gasteiger partial charge in [-0.15, -0.1) is 0 Å². The molecule has 0 bridgehead atoms. The first-order valence-electron chi connectivity index (χ1n) is 6.67. The number of carbonyl (C=O) groups is 2. The van der Waals surface area contributed by atoms with Gasteiger partial charge in [0.05, 0.1) is 0 Å². The first-order valence-corrected chi connectivity index (χ1v) is 6.67. The van der Waals surface area contributed by atoms with Gasteiger partial charge in [-0.3, -0.25) is 9.59 Å². The largest absolute Gasteiger partial charge is 0.352 e. The lowest BCUT2D eigenvalue weighted by atomic mass is 10.0. The van der Waals surface area contributed by atoms with Crippen LogP contribution in [-0.2, 0) is 9.59 Å². The number of amides is 1. The number of hydrogen-bond acceptors (Lipinski definition) is 3. The molecule has 1 heterocycles. The molecular weight excluding hydrogens is 216 g/mol. The molecule has 2 unspecified atom stereocenters. The van der Waals surface area contributed by atoms with Crippen LogP contribution in [0.25, 0.3) is 0 Å². The summed E-state index contributed by atoms with van der Waals surface area (Å²) in [6.07, 6.45) is 5.00. The molecule has 0 radical (unpaired) electrons. The van der Waals surface area contributed by atoms with Crippen molar-refractivity contribution in [2.24, 2.45) is 5.92 Å². The maximum absolute atomic E-state index is 11.5. The zero-order chi connectivity index (χ0) is 12.3. The van der Waals surface area contributed by atoms with E-state index in [0.717, 1.165) is 51.7 Å². The van der Waals surface area contributed by atoms with Crippen molar-refractivity contribution in [1.29, 1.82) is 0 Å². The average molecular weight is 238 g/mol. The number of rotatable bonds is 4. The molecule has 0 aromatic rings. The highest BCUT2D eigenvalue weighted by molar-refractivity contribution is 5.82. The fourth-order valence-electron chi connectivity index (χ4n) is 2.97. The van der Waals surface area contributed by atoms with E-state index < -0.39 is 0 Å². The molecule has 2 rings (SSSR count).